The molecule has 7 heteroatoms. The Bertz CT molecular complexity index is 810. The molecule has 2 heterocycles. The van der Waals surface area contributed by atoms with Crippen LogP contribution in [0.2, 0.25) is 0 Å². The summed E-state index contributed by atoms with van der Waals surface area (Å²) >= 11 is 1.92. The zero-order valence-electron chi connectivity index (χ0n) is 16.1. The van der Waals surface area contributed by atoms with E-state index >= 15 is 0 Å². The molecule has 1 N–H and O–H groups in total. The van der Waals surface area contributed by atoms with Gasteiger partial charge in [-0.1, -0.05) is 0 Å². The van der Waals surface area contributed by atoms with Crippen molar-refractivity contribution in [2.45, 2.75) is 31.4 Å². The molecule has 28 heavy (non-hydrogen) atoms. The van der Waals surface area contributed by atoms with E-state index < -0.39 is 5.72 Å². The van der Waals surface area contributed by atoms with Crippen LogP contribution in [0.3, 0.4) is 0 Å². The van der Waals surface area contributed by atoms with Crippen molar-refractivity contribution in [3.05, 3.63) is 23.8 Å². The fourth-order valence-corrected chi connectivity index (χ4v) is 6.34. The van der Waals surface area contributed by atoms with Gasteiger partial charge < -0.3 is 19.7 Å². The number of amides is 2. The average Bonchev–Trinajstić information content (AvgIpc) is 2.73. The van der Waals surface area contributed by atoms with E-state index in [0.29, 0.717) is 29.4 Å². The first-order valence-electron chi connectivity index (χ1n) is 10.2. The minimum absolute atomic E-state index is 0.0692. The lowest BCUT2D eigenvalue weighted by molar-refractivity contribution is -0.155. The molecule has 5 aliphatic rings. The molecule has 2 amide bonds. The summed E-state index contributed by atoms with van der Waals surface area (Å²) in [5.74, 6) is 4.06. The van der Waals surface area contributed by atoms with Crippen molar-refractivity contribution in [2.75, 3.05) is 31.7 Å². The third-order valence-corrected chi connectivity index (χ3v) is 7.85. The highest BCUT2D eigenvalue weighted by atomic mass is 32.2. The van der Waals surface area contributed by atoms with Crippen LogP contribution in [0.25, 0.3) is 0 Å². The van der Waals surface area contributed by atoms with Crippen LogP contribution in [-0.2, 0) is 4.79 Å². The van der Waals surface area contributed by atoms with E-state index in [1.165, 1.54) is 0 Å². The SMILES string of the molecule is COc1ccc2c(c1)O[C@]1(C[C@H]3CC[C@H]1C[C@@H]3C(=O)N1CCSCC1)NC2=O. The number of hydrogen-bond donors (Lipinski definition) is 1. The standard InChI is InChI=1S/C21H26N2O4S/c1-26-15-4-5-16-18(11-15)27-21(22-19(16)24)12-13-2-3-14(21)10-17(13)20(25)23-6-8-28-9-7-23/h4-5,11,13-14,17H,2-3,6-10,12H2,1H3,(H,22,24)/t13-,14+,17+,21+/m1/s1. The van der Waals surface area contributed by atoms with Gasteiger partial charge in [-0.05, 0) is 37.3 Å². The van der Waals surface area contributed by atoms with E-state index in [1.807, 2.05) is 11.8 Å². The Labute approximate surface area is 169 Å². The second kappa shape index (κ2) is 6.87. The molecule has 6 rings (SSSR count). The molecule has 1 saturated heterocycles. The van der Waals surface area contributed by atoms with Crippen molar-refractivity contribution in [3.63, 3.8) is 0 Å². The van der Waals surface area contributed by atoms with E-state index in [1.54, 1.807) is 25.3 Å². The number of hydrogen-bond acceptors (Lipinski definition) is 5. The van der Waals surface area contributed by atoms with Gasteiger partial charge in [0.25, 0.3) is 5.91 Å². The average molecular weight is 403 g/mol. The van der Waals surface area contributed by atoms with E-state index in [4.69, 9.17) is 9.47 Å². The lowest BCUT2D eigenvalue weighted by Crippen LogP contribution is -2.67. The Kier molecular flexibility index (Phi) is 4.45. The lowest BCUT2D eigenvalue weighted by atomic mass is 9.59. The van der Waals surface area contributed by atoms with Gasteiger partial charge in [-0.25, -0.2) is 0 Å². The number of rotatable bonds is 2. The summed E-state index contributed by atoms with van der Waals surface area (Å²) in [6.07, 6.45) is 3.53. The number of ether oxygens (including phenoxy) is 2. The zero-order chi connectivity index (χ0) is 19.3. The van der Waals surface area contributed by atoms with Crippen LogP contribution in [0, 0.1) is 17.8 Å². The Morgan fingerprint density at radius 2 is 2.14 bits per heavy atom. The third-order valence-electron chi connectivity index (χ3n) is 6.91. The number of carbonyl (C=O) groups excluding carboxylic acids is 2. The molecule has 3 saturated carbocycles. The van der Waals surface area contributed by atoms with E-state index in [-0.39, 0.29) is 23.7 Å². The van der Waals surface area contributed by atoms with Gasteiger partial charge in [0.15, 0.2) is 5.72 Å². The minimum atomic E-state index is -0.687. The number of methoxy groups -OCH3 is 1. The van der Waals surface area contributed by atoms with Crippen molar-refractivity contribution in [1.29, 1.82) is 0 Å². The summed E-state index contributed by atoms with van der Waals surface area (Å²) in [6.45, 7) is 1.73. The maximum absolute atomic E-state index is 13.1. The van der Waals surface area contributed by atoms with Crippen LogP contribution in [0.15, 0.2) is 18.2 Å². The maximum Gasteiger partial charge on any atom is 0.258 e. The number of carbonyl (C=O) groups is 2. The third kappa shape index (κ3) is 2.86. The molecule has 2 aliphatic heterocycles. The molecular weight excluding hydrogens is 376 g/mol. The van der Waals surface area contributed by atoms with Gasteiger partial charge in [-0.3, -0.25) is 9.59 Å². The topological polar surface area (TPSA) is 67.9 Å². The quantitative estimate of drug-likeness (QED) is 0.823. The summed E-state index contributed by atoms with van der Waals surface area (Å²) < 4.78 is 11.7. The molecule has 0 unspecified atom stereocenters. The predicted octanol–water partition coefficient (Wildman–Crippen LogP) is 2.53. The van der Waals surface area contributed by atoms with E-state index in [2.05, 4.69) is 10.2 Å². The van der Waals surface area contributed by atoms with Crippen LogP contribution in [0.5, 0.6) is 11.5 Å². The van der Waals surface area contributed by atoms with Crippen molar-refractivity contribution in [2.24, 2.45) is 17.8 Å². The fraction of sp³-hybridized carbons (Fsp3) is 0.619. The first-order chi connectivity index (χ1) is 13.6. The van der Waals surface area contributed by atoms with Crippen LogP contribution in [0.4, 0.5) is 0 Å². The van der Waals surface area contributed by atoms with Crippen LogP contribution in [0.1, 0.15) is 36.0 Å². The largest absolute Gasteiger partial charge is 0.497 e. The molecule has 2 bridgehead atoms. The molecule has 4 fully saturated rings. The Balaban J connectivity index is 1.38. The summed E-state index contributed by atoms with van der Waals surface area (Å²) in [5, 5.41) is 3.17. The van der Waals surface area contributed by atoms with Gasteiger partial charge in [-0.15, -0.1) is 0 Å². The number of benzene rings is 1. The second-order valence-electron chi connectivity index (χ2n) is 8.33. The van der Waals surface area contributed by atoms with Gasteiger partial charge in [0.05, 0.1) is 12.7 Å². The lowest BCUT2D eigenvalue weighted by Gasteiger charge is -2.55. The smallest absolute Gasteiger partial charge is 0.258 e. The number of thioether (sulfide) groups is 1. The molecule has 0 radical (unpaired) electrons. The van der Waals surface area contributed by atoms with E-state index in [0.717, 1.165) is 43.9 Å². The fourth-order valence-electron chi connectivity index (χ4n) is 5.44. The molecule has 1 aromatic carbocycles. The normalized spacial score (nSPS) is 33.8. The predicted molar refractivity (Wildman–Crippen MR) is 107 cm³/mol. The number of fused-ring (bicyclic) bond motifs is 3. The molecule has 0 aromatic heterocycles. The first-order valence-corrected chi connectivity index (χ1v) is 11.3. The van der Waals surface area contributed by atoms with Gasteiger partial charge in [0.1, 0.15) is 11.5 Å². The molecular formula is C21H26N2O4S. The zero-order valence-corrected chi connectivity index (χ0v) is 16.9. The maximum atomic E-state index is 13.1. The Morgan fingerprint density at radius 1 is 1.32 bits per heavy atom. The molecule has 4 atom stereocenters. The van der Waals surface area contributed by atoms with Gasteiger partial charge in [0, 0.05) is 48.9 Å². The summed E-state index contributed by atoms with van der Waals surface area (Å²) in [6, 6.07) is 5.32. The van der Waals surface area contributed by atoms with Gasteiger partial charge in [0.2, 0.25) is 5.91 Å². The van der Waals surface area contributed by atoms with Gasteiger partial charge >= 0.3 is 0 Å². The van der Waals surface area contributed by atoms with Crippen molar-refractivity contribution >= 4 is 23.6 Å². The summed E-state index contributed by atoms with van der Waals surface area (Å²) in [7, 11) is 1.61. The molecule has 1 aromatic rings. The minimum Gasteiger partial charge on any atom is -0.497 e. The number of nitrogens with one attached hydrogen (secondary N) is 1. The highest BCUT2D eigenvalue weighted by Crippen LogP contribution is 2.53. The van der Waals surface area contributed by atoms with Gasteiger partial charge in [-0.2, -0.15) is 11.8 Å². The molecule has 1 spiro atoms. The molecule has 6 nitrogen and oxygen atoms in total. The van der Waals surface area contributed by atoms with Crippen LogP contribution >= 0.6 is 11.8 Å². The Hall–Kier alpha value is -1.89. The highest BCUT2D eigenvalue weighted by molar-refractivity contribution is 7.99. The molecule has 150 valence electrons. The van der Waals surface area contributed by atoms with Crippen molar-refractivity contribution in [3.8, 4) is 11.5 Å². The number of nitrogens with zero attached hydrogens (tertiary/aromatic N) is 1. The van der Waals surface area contributed by atoms with Crippen LogP contribution < -0.4 is 14.8 Å². The second-order valence-corrected chi connectivity index (χ2v) is 9.55. The highest BCUT2D eigenvalue weighted by Gasteiger charge is 2.57. The van der Waals surface area contributed by atoms with Crippen LogP contribution in [-0.4, -0.2) is 54.1 Å². The molecule has 3 aliphatic carbocycles. The van der Waals surface area contributed by atoms with Crippen molar-refractivity contribution in [1.82, 2.24) is 10.2 Å². The summed E-state index contributed by atoms with van der Waals surface area (Å²) in [5.41, 5.74) is -0.139. The first kappa shape index (κ1) is 18.2. The Morgan fingerprint density at radius 3 is 2.86 bits per heavy atom. The summed E-state index contributed by atoms with van der Waals surface area (Å²) in [4.78, 5) is 28.0. The monoisotopic (exact) mass is 402 g/mol. The van der Waals surface area contributed by atoms with Crippen molar-refractivity contribution < 1.29 is 19.1 Å². The van der Waals surface area contributed by atoms with E-state index in [9.17, 15) is 9.59 Å².